The van der Waals surface area contributed by atoms with Gasteiger partial charge in [-0.25, -0.2) is 0 Å². The smallest absolute Gasteiger partial charge is 0.241 e. The first-order chi connectivity index (χ1) is 9.63. The minimum Gasteiger partial charge on any atom is -0.311 e. The SMILES string of the molecule is CN1CCN(CC(=O)N2CCc3cc(Br)ccc32)CC1. The van der Waals surface area contributed by atoms with Crippen molar-refractivity contribution in [3.8, 4) is 0 Å². The largest absolute Gasteiger partial charge is 0.311 e. The predicted molar refractivity (Wildman–Crippen MR) is 84.1 cm³/mol. The van der Waals surface area contributed by atoms with Crippen molar-refractivity contribution in [2.45, 2.75) is 6.42 Å². The summed E-state index contributed by atoms with van der Waals surface area (Å²) in [5.41, 5.74) is 2.36. The number of amides is 1. The van der Waals surface area contributed by atoms with E-state index in [-0.39, 0.29) is 5.91 Å². The molecule has 1 aromatic rings. The topological polar surface area (TPSA) is 26.8 Å². The van der Waals surface area contributed by atoms with Crippen molar-refractivity contribution in [1.82, 2.24) is 9.80 Å². The zero-order valence-electron chi connectivity index (χ0n) is 11.8. The van der Waals surface area contributed by atoms with Crippen LogP contribution < -0.4 is 4.90 Å². The van der Waals surface area contributed by atoms with Gasteiger partial charge in [-0.2, -0.15) is 0 Å². The molecule has 1 saturated heterocycles. The van der Waals surface area contributed by atoms with Crippen LogP contribution in [0.25, 0.3) is 0 Å². The van der Waals surface area contributed by atoms with E-state index in [4.69, 9.17) is 0 Å². The summed E-state index contributed by atoms with van der Waals surface area (Å²) in [6.07, 6.45) is 0.962. The molecule has 0 N–H and O–H groups in total. The van der Waals surface area contributed by atoms with Gasteiger partial charge in [0, 0.05) is 42.9 Å². The molecule has 2 aliphatic rings. The van der Waals surface area contributed by atoms with Crippen LogP contribution in [0.2, 0.25) is 0 Å². The third-order valence-corrected chi connectivity index (χ3v) is 4.69. The number of carbonyl (C=O) groups excluding carboxylic acids is 1. The van der Waals surface area contributed by atoms with Crippen molar-refractivity contribution >= 4 is 27.5 Å². The molecule has 5 heteroatoms. The third-order valence-electron chi connectivity index (χ3n) is 4.19. The summed E-state index contributed by atoms with van der Waals surface area (Å²) < 4.78 is 1.09. The van der Waals surface area contributed by atoms with Crippen LogP contribution in [0.1, 0.15) is 5.56 Å². The number of halogens is 1. The molecule has 0 atom stereocenters. The molecule has 2 aliphatic heterocycles. The summed E-state index contributed by atoms with van der Waals surface area (Å²) in [4.78, 5) is 19.0. The molecule has 0 radical (unpaired) electrons. The predicted octanol–water partition coefficient (Wildman–Crippen LogP) is 1.59. The van der Waals surface area contributed by atoms with Crippen molar-refractivity contribution < 1.29 is 4.79 Å². The molecule has 4 nitrogen and oxygen atoms in total. The number of carbonyl (C=O) groups is 1. The molecular weight excluding hydrogens is 318 g/mol. The quantitative estimate of drug-likeness (QED) is 0.819. The van der Waals surface area contributed by atoms with Crippen LogP contribution >= 0.6 is 15.9 Å². The Morgan fingerprint density at radius 1 is 1.20 bits per heavy atom. The van der Waals surface area contributed by atoms with Gasteiger partial charge in [0.1, 0.15) is 0 Å². The molecular formula is C15H20BrN3O. The Labute approximate surface area is 128 Å². The van der Waals surface area contributed by atoms with Crippen molar-refractivity contribution in [3.05, 3.63) is 28.2 Å². The number of anilines is 1. The Balaban J connectivity index is 1.65. The number of benzene rings is 1. The second kappa shape index (κ2) is 5.84. The van der Waals surface area contributed by atoms with E-state index in [0.29, 0.717) is 6.54 Å². The van der Waals surface area contributed by atoms with E-state index in [9.17, 15) is 4.79 Å². The lowest BCUT2D eigenvalue weighted by atomic mass is 10.2. The zero-order valence-corrected chi connectivity index (χ0v) is 13.4. The molecule has 108 valence electrons. The number of hydrogen-bond acceptors (Lipinski definition) is 3. The Hall–Kier alpha value is -0.910. The summed E-state index contributed by atoms with van der Waals surface area (Å²) in [6.45, 7) is 5.45. The average Bonchev–Trinajstić information content (AvgIpc) is 2.84. The number of piperazine rings is 1. The van der Waals surface area contributed by atoms with Crippen molar-refractivity contribution in [2.24, 2.45) is 0 Å². The molecule has 3 rings (SSSR count). The van der Waals surface area contributed by atoms with E-state index in [1.807, 2.05) is 17.0 Å². The van der Waals surface area contributed by atoms with E-state index < -0.39 is 0 Å². The molecule has 2 heterocycles. The van der Waals surface area contributed by atoms with E-state index in [1.54, 1.807) is 0 Å². The lowest BCUT2D eigenvalue weighted by Crippen LogP contribution is -2.48. The van der Waals surface area contributed by atoms with Gasteiger partial charge in [0.15, 0.2) is 0 Å². The van der Waals surface area contributed by atoms with Gasteiger partial charge in [-0.05, 0) is 37.2 Å². The number of rotatable bonds is 2. The maximum atomic E-state index is 12.5. The van der Waals surface area contributed by atoms with Crippen LogP contribution in [0.4, 0.5) is 5.69 Å². The fourth-order valence-electron chi connectivity index (χ4n) is 2.91. The van der Waals surface area contributed by atoms with Gasteiger partial charge in [-0.15, -0.1) is 0 Å². The molecule has 0 unspecified atom stereocenters. The van der Waals surface area contributed by atoms with Crippen molar-refractivity contribution in [3.63, 3.8) is 0 Å². The Morgan fingerprint density at radius 3 is 2.70 bits per heavy atom. The lowest BCUT2D eigenvalue weighted by Gasteiger charge is -2.32. The van der Waals surface area contributed by atoms with Gasteiger partial charge in [-0.3, -0.25) is 9.69 Å². The molecule has 0 aromatic heterocycles. The highest BCUT2D eigenvalue weighted by Crippen LogP contribution is 2.30. The summed E-state index contributed by atoms with van der Waals surface area (Å²) in [5.74, 6) is 0.232. The van der Waals surface area contributed by atoms with Crippen LogP contribution in [-0.4, -0.2) is 62.0 Å². The van der Waals surface area contributed by atoms with Crippen LogP contribution in [0.3, 0.4) is 0 Å². The fourth-order valence-corrected chi connectivity index (χ4v) is 3.32. The minimum absolute atomic E-state index is 0.232. The summed E-state index contributed by atoms with van der Waals surface area (Å²) in [6, 6.07) is 6.19. The standard InChI is InChI=1S/C15H20BrN3O/c1-17-6-8-18(9-7-17)11-15(20)19-5-4-12-10-13(16)2-3-14(12)19/h2-3,10H,4-9,11H2,1H3. The molecule has 0 aliphatic carbocycles. The number of hydrogen-bond donors (Lipinski definition) is 0. The van der Waals surface area contributed by atoms with Crippen LogP contribution in [0.5, 0.6) is 0 Å². The highest BCUT2D eigenvalue weighted by atomic mass is 79.9. The first kappa shape index (κ1) is 14.0. The maximum Gasteiger partial charge on any atom is 0.241 e. The van der Waals surface area contributed by atoms with Gasteiger partial charge in [0.25, 0.3) is 0 Å². The van der Waals surface area contributed by atoms with Crippen LogP contribution in [0, 0.1) is 0 Å². The van der Waals surface area contributed by atoms with Crippen molar-refractivity contribution in [1.29, 1.82) is 0 Å². The number of fused-ring (bicyclic) bond motifs is 1. The van der Waals surface area contributed by atoms with E-state index >= 15 is 0 Å². The average molecular weight is 338 g/mol. The van der Waals surface area contributed by atoms with Gasteiger partial charge in [0.2, 0.25) is 5.91 Å². The second-order valence-electron chi connectivity index (χ2n) is 5.65. The van der Waals surface area contributed by atoms with E-state index in [2.05, 4.69) is 38.8 Å². The van der Waals surface area contributed by atoms with Gasteiger partial charge >= 0.3 is 0 Å². The molecule has 20 heavy (non-hydrogen) atoms. The maximum absolute atomic E-state index is 12.5. The molecule has 1 amide bonds. The zero-order chi connectivity index (χ0) is 14.1. The van der Waals surface area contributed by atoms with E-state index in [1.165, 1.54) is 5.56 Å². The molecule has 0 bridgehead atoms. The lowest BCUT2D eigenvalue weighted by molar-refractivity contribution is -0.120. The second-order valence-corrected chi connectivity index (χ2v) is 6.56. The molecule has 1 aromatic carbocycles. The van der Waals surface area contributed by atoms with Gasteiger partial charge in [-0.1, -0.05) is 15.9 Å². The number of nitrogens with zero attached hydrogens (tertiary/aromatic N) is 3. The Bertz CT molecular complexity index is 512. The molecule has 0 spiro atoms. The first-order valence-corrected chi connectivity index (χ1v) is 7.92. The minimum atomic E-state index is 0.232. The highest BCUT2D eigenvalue weighted by Gasteiger charge is 2.26. The van der Waals surface area contributed by atoms with Gasteiger partial charge < -0.3 is 9.80 Å². The monoisotopic (exact) mass is 337 g/mol. The Kier molecular flexibility index (Phi) is 4.10. The Morgan fingerprint density at radius 2 is 1.95 bits per heavy atom. The van der Waals surface area contributed by atoms with Crippen LogP contribution in [-0.2, 0) is 11.2 Å². The molecule has 1 fully saturated rings. The first-order valence-electron chi connectivity index (χ1n) is 7.13. The normalized spacial score (nSPS) is 20.2. The van der Waals surface area contributed by atoms with E-state index in [0.717, 1.165) is 49.3 Å². The fraction of sp³-hybridized carbons (Fsp3) is 0.533. The summed E-state index contributed by atoms with van der Waals surface area (Å²) in [5, 5.41) is 0. The highest BCUT2D eigenvalue weighted by molar-refractivity contribution is 9.10. The third kappa shape index (κ3) is 2.90. The van der Waals surface area contributed by atoms with Crippen LogP contribution in [0.15, 0.2) is 22.7 Å². The summed E-state index contributed by atoms with van der Waals surface area (Å²) >= 11 is 3.49. The summed E-state index contributed by atoms with van der Waals surface area (Å²) in [7, 11) is 2.13. The number of likely N-dealkylation sites (N-methyl/N-ethyl adjacent to an activating group) is 1. The molecule has 0 saturated carbocycles. The van der Waals surface area contributed by atoms with Gasteiger partial charge in [0.05, 0.1) is 6.54 Å². The van der Waals surface area contributed by atoms with Crippen molar-refractivity contribution in [2.75, 3.05) is 51.2 Å².